The number of benzene rings is 1. The number of aromatic amines is 1. The van der Waals surface area contributed by atoms with Crippen molar-refractivity contribution in [3.05, 3.63) is 35.9 Å². The van der Waals surface area contributed by atoms with E-state index < -0.39 is 0 Å². The molecular formula is C12H10FN5. The van der Waals surface area contributed by atoms with Gasteiger partial charge in [-0.05, 0) is 18.6 Å². The molecule has 3 rings (SSSR count). The fourth-order valence-corrected chi connectivity index (χ4v) is 1.80. The largest absolute Gasteiger partial charge is 0.368 e. The van der Waals surface area contributed by atoms with Crippen molar-refractivity contribution in [2.24, 2.45) is 0 Å². The first-order valence-corrected chi connectivity index (χ1v) is 5.38. The fraction of sp³-hybridized carbons (Fsp3) is 0.0833. The summed E-state index contributed by atoms with van der Waals surface area (Å²) in [5.41, 5.74) is 8.51. The lowest BCUT2D eigenvalue weighted by molar-refractivity contribution is 0.619. The van der Waals surface area contributed by atoms with Crippen LogP contribution in [0.1, 0.15) is 5.56 Å². The summed E-state index contributed by atoms with van der Waals surface area (Å²) in [5, 5.41) is 0. The normalized spacial score (nSPS) is 11.0. The van der Waals surface area contributed by atoms with Crippen LogP contribution in [0.4, 0.5) is 10.3 Å². The Hall–Kier alpha value is -2.50. The monoisotopic (exact) mass is 243 g/mol. The van der Waals surface area contributed by atoms with Crippen LogP contribution in [0.2, 0.25) is 0 Å². The van der Waals surface area contributed by atoms with Crippen LogP contribution in [-0.4, -0.2) is 19.9 Å². The Morgan fingerprint density at radius 3 is 2.89 bits per heavy atom. The third kappa shape index (κ3) is 1.58. The number of imidazole rings is 1. The number of aromatic nitrogens is 4. The van der Waals surface area contributed by atoms with Crippen LogP contribution in [0.3, 0.4) is 0 Å². The maximum Gasteiger partial charge on any atom is 0.222 e. The number of nitrogen functional groups attached to an aromatic ring is 1. The molecule has 0 radical (unpaired) electrons. The van der Waals surface area contributed by atoms with Gasteiger partial charge in [-0.25, -0.2) is 14.4 Å². The van der Waals surface area contributed by atoms with Gasteiger partial charge in [0.2, 0.25) is 5.95 Å². The minimum atomic E-state index is -0.280. The number of halogens is 1. The highest BCUT2D eigenvalue weighted by molar-refractivity contribution is 5.87. The Labute approximate surface area is 102 Å². The van der Waals surface area contributed by atoms with Crippen LogP contribution in [0.5, 0.6) is 0 Å². The third-order valence-corrected chi connectivity index (χ3v) is 2.75. The number of nitrogens with one attached hydrogen (secondary N) is 1. The Kier molecular flexibility index (Phi) is 2.22. The lowest BCUT2D eigenvalue weighted by Crippen LogP contribution is -1.98. The van der Waals surface area contributed by atoms with Crippen LogP contribution >= 0.6 is 0 Å². The highest BCUT2D eigenvalue weighted by Gasteiger charge is 2.11. The van der Waals surface area contributed by atoms with Crippen molar-refractivity contribution in [3.63, 3.8) is 0 Å². The van der Waals surface area contributed by atoms with Crippen molar-refractivity contribution in [2.45, 2.75) is 6.92 Å². The Bertz CT molecular complexity index is 734. The Balaban J connectivity index is 2.30. The van der Waals surface area contributed by atoms with E-state index in [-0.39, 0.29) is 11.8 Å². The van der Waals surface area contributed by atoms with Gasteiger partial charge in [0.1, 0.15) is 17.0 Å². The molecule has 0 unspecified atom stereocenters. The number of hydrogen-bond donors (Lipinski definition) is 2. The summed E-state index contributed by atoms with van der Waals surface area (Å²) in [4.78, 5) is 15.1. The molecular weight excluding hydrogens is 233 g/mol. The molecule has 2 aromatic heterocycles. The lowest BCUT2D eigenvalue weighted by atomic mass is 10.1. The number of fused-ring (bicyclic) bond motifs is 1. The van der Waals surface area contributed by atoms with E-state index >= 15 is 0 Å². The third-order valence-electron chi connectivity index (χ3n) is 2.75. The molecule has 90 valence electrons. The molecule has 0 aliphatic carbocycles. The molecule has 0 amide bonds. The molecule has 6 heteroatoms. The molecule has 0 saturated heterocycles. The molecule has 0 saturated carbocycles. The van der Waals surface area contributed by atoms with Crippen molar-refractivity contribution < 1.29 is 4.39 Å². The standard InChI is InChI=1S/C12H10FN5/c1-6-2-3-7(4-8(6)13)9-10-11(16-5-15-10)18-12(14)17-9/h2-5H,1H3,(H3,14,15,16,17,18). The van der Waals surface area contributed by atoms with Gasteiger partial charge in [0.15, 0.2) is 5.65 Å². The van der Waals surface area contributed by atoms with Gasteiger partial charge in [0.05, 0.1) is 6.33 Å². The van der Waals surface area contributed by atoms with E-state index in [4.69, 9.17) is 5.73 Å². The van der Waals surface area contributed by atoms with Gasteiger partial charge in [-0.15, -0.1) is 0 Å². The zero-order valence-corrected chi connectivity index (χ0v) is 9.61. The van der Waals surface area contributed by atoms with E-state index in [0.29, 0.717) is 28.0 Å². The highest BCUT2D eigenvalue weighted by Crippen LogP contribution is 2.25. The van der Waals surface area contributed by atoms with Crippen molar-refractivity contribution in [1.29, 1.82) is 0 Å². The van der Waals surface area contributed by atoms with E-state index in [2.05, 4.69) is 19.9 Å². The fourth-order valence-electron chi connectivity index (χ4n) is 1.80. The summed E-state index contributed by atoms with van der Waals surface area (Å²) >= 11 is 0. The van der Waals surface area contributed by atoms with Gasteiger partial charge in [-0.1, -0.05) is 12.1 Å². The minimum absolute atomic E-state index is 0.116. The van der Waals surface area contributed by atoms with E-state index in [1.54, 1.807) is 19.1 Å². The number of rotatable bonds is 1. The summed E-state index contributed by atoms with van der Waals surface area (Å²) in [5.74, 6) is -0.164. The van der Waals surface area contributed by atoms with E-state index in [1.807, 2.05) is 0 Å². The van der Waals surface area contributed by atoms with Gasteiger partial charge in [-0.3, -0.25) is 0 Å². The Morgan fingerprint density at radius 2 is 2.11 bits per heavy atom. The number of nitrogens with two attached hydrogens (primary N) is 1. The van der Waals surface area contributed by atoms with E-state index in [9.17, 15) is 4.39 Å². The highest BCUT2D eigenvalue weighted by atomic mass is 19.1. The topological polar surface area (TPSA) is 80.5 Å². The molecule has 3 aromatic rings. The average Bonchev–Trinajstić information content (AvgIpc) is 2.79. The molecule has 0 aliphatic heterocycles. The predicted molar refractivity (Wildman–Crippen MR) is 66.2 cm³/mol. The first kappa shape index (κ1) is 10.6. The van der Waals surface area contributed by atoms with Crippen LogP contribution < -0.4 is 5.73 Å². The molecule has 0 fully saturated rings. The molecule has 1 aromatic carbocycles. The smallest absolute Gasteiger partial charge is 0.222 e. The number of H-pyrrole nitrogens is 1. The molecule has 0 aliphatic rings. The maximum atomic E-state index is 13.6. The van der Waals surface area contributed by atoms with Crippen LogP contribution in [0.15, 0.2) is 24.5 Å². The van der Waals surface area contributed by atoms with Gasteiger partial charge in [0, 0.05) is 5.56 Å². The van der Waals surface area contributed by atoms with Gasteiger partial charge in [0.25, 0.3) is 0 Å². The minimum Gasteiger partial charge on any atom is -0.368 e. The number of hydrogen-bond acceptors (Lipinski definition) is 4. The molecule has 5 nitrogen and oxygen atoms in total. The van der Waals surface area contributed by atoms with E-state index in [0.717, 1.165) is 0 Å². The summed E-state index contributed by atoms with van der Waals surface area (Å²) < 4.78 is 13.6. The second-order valence-corrected chi connectivity index (χ2v) is 4.00. The molecule has 0 bridgehead atoms. The molecule has 0 atom stereocenters. The summed E-state index contributed by atoms with van der Waals surface area (Å²) in [7, 11) is 0. The lowest BCUT2D eigenvalue weighted by Gasteiger charge is -2.04. The van der Waals surface area contributed by atoms with Crippen LogP contribution in [-0.2, 0) is 0 Å². The van der Waals surface area contributed by atoms with Gasteiger partial charge >= 0.3 is 0 Å². The Morgan fingerprint density at radius 1 is 1.28 bits per heavy atom. The predicted octanol–water partition coefficient (Wildman–Crippen LogP) is 2.05. The zero-order valence-electron chi connectivity index (χ0n) is 9.61. The average molecular weight is 243 g/mol. The zero-order chi connectivity index (χ0) is 12.7. The van der Waals surface area contributed by atoms with Crippen molar-refractivity contribution in [3.8, 4) is 11.3 Å². The summed E-state index contributed by atoms with van der Waals surface area (Å²) in [6.45, 7) is 1.71. The van der Waals surface area contributed by atoms with E-state index in [1.165, 1.54) is 12.4 Å². The van der Waals surface area contributed by atoms with Crippen LogP contribution in [0.25, 0.3) is 22.4 Å². The van der Waals surface area contributed by atoms with Gasteiger partial charge in [-0.2, -0.15) is 4.98 Å². The number of nitrogens with zero attached hydrogens (tertiary/aromatic N) is 3. The first-order chi connectivity index (χ1) is 8.65. The van der Waals surface area contributed by atoms with Crippen LogP contribution in [0, 0.1) is 12.7 Å². The maximum absolute atomic E-state index is 13.6. The van der Waals surface area contributed by atoms with Crippen molar-refractivity contribution in [1.82, 2.24) is 19.9 Å². The number of anilines is 1. The quantitative estimate of drug-likeness (QED) is 0.685. The molecule has 2 heterocycles. The first-order valence-electron chi connectivity index (χ1n) is 5.38. The second-order valence-electron chi connectivity index (χ2n) is 4.00. The molecule has 3 N–H and O–H groups in total. The van der Waals surface area contributed by atoms with Gasteiger partial charge < -0.3 is 10.7 Å². The van der Waals surface area contributed by atoms with Crippen molar-refractivity contribution in [2.75, 3.05) is 5.73 Å². The molecule has 0 spiro atoms. The number of aryl methyl sites for hydroxylation is 1. The summed E-state index contributed by atoms with van der Waals surface area (Å²) in [6.07, 6.45) is 1.51. The molecule has 18 heavy (non-hydrogen) atoms. The SMILES string of the molecule is Cc1ccc(-c2nc(N)nc3nc[nH]c23)cc1F. The second kappa shape index (κ2) is 3.76. The van der Waals surface area contributed by atoms with Crippen molar-refractivity contribution >= 4 is 17.1 Å². The summed E-state index contributed by atoms with van der Waals surface area (Å²) in [6, 6.07) is 4.92.